The number of carbonyl (C=O) groups excluding carboxylic acids is 1. The van der Waals surface area contributed by atoms with Crippen LogP contribution in [0.4, 0.5) is 0 Å². The molecule has 0 saturated carbocycles. The minimum absolute atomic E-state index is 0.152. The lowest BCUT2D eigenvalue weighted by molar-refractivity contribution is 0.0457. The molecule has 0 aromatic carbocycles. The quantitative estimate of drug-likeness (QED) is 0.573. The van der Waals surface area contributed by atoms with Crippen molar-refractivity contribution in [3.8, 4) is 0 Å². The number of carbonyl (C=O) groups is 1. The molecule has 0 bridgehead atoms. The lowest BCUT2D eigenvalue weighted by Gasteiger charge is -2.01. The van der Waals surface area contributed by atoms with E-state index < -0.39 is 5.97 Å². The van der Waals surface area contributed by atoms with Gasteiger partial charge in [0.25, 0.3) is 0 Å². The van der Waals surface area contributed by atoms with Gasteiger partial charge in [0.15, 0.2) is 0 Å². The highest BCUT2D eigenvalue weighted by Crippen LogP contribution is 2.09. The number of hydrogen-bond acceptors (Lipinski definition) is 4. The molecule has 16 heavy (non-hydrogen) atoms. The summed E-state index contributed by atoms with van der Waals surface area (Å²) in [5.74, 6) is 0.0636. The van der Waals surface area contributed by atoms with E-state index in [1.807, 2.05) is 0 Å². The van der Waals surface area contributed by atoms with Crippen LogP contribution in [0.3, 0.4) is 0 Å². The zero-order valence-corrected chi connectivity index (χ0v) is 9.57. The molecule has 0 aliphatic heterocycles. The Bertz CT molecular complexity index is 317. The number of furan rings is 1. The Morgan fingerprint density at radius 3 is 2.81 bits per heavy atom. The van der Waals surface area contributed by atoms with Gasteiger partial charge in [0.2, 0.25) is 5.76 Å². The van der Waals surface area contributed by atoms with Gasteiger partial charge in [-0.2, -0.15) is 0 Å². The van der Waals surface area contributed by atoms with Crippen LogP contribution < -0.4 is 0 Å². The summed E-state index contributed by atoms with van der Waals surface area (Å²) in [7, 11) is 0. The molecular weight excluding hydrogens is 208 g/mol. The Morgan fingerprint density at radius 1 is 1.38 bits per heavy atom. The summed E-state index contributed by atoms with van der Waals surface area (Å²) in [6.07, 6.45) is 4.27. The van der Waals surface area contributed by atoms with Crippen LogP contribution in [0.2, 0.25) is 0 Å². The fourth-order valence-corrected chi connectivity index (χ4v) is 1.34. The van der Waals surface area contributed by atoms with Gasteiger partial charge in [0.05, 0.1) is 6.61 Å². The van der Waals surface area contributed by atoms with E-state index in [0.29, 0.717) is 12.4 Å². The van der Waals surface area contributed by atoms with Crippen molar-refractivity contribution in [2.75, 3.05) is 6.61 Å². The number of rotatable bonds is 7. The third-order valence-corrected chi connectivity index (χ3v) is 2.25. The highest BCUT2D eigenvalue weighted by Gasteiger charge is 2.11. The zero-order valence-electron chi connectivity index (χ0n) is 9.57. The average molecular weight is 226 g/mol. The molecule has 4 heteroatoms. The van der Waals surface area contributed by atoms with E-state index >= 15 is 0 Å². The van der Waals surface area contributed by atoms with Crippen LogP contribution in [0.1, 0.15) is 48.9 Å². The van der Waals surface area contributed by atoms with Crippen LogP contribution in [0, 0.1) is 0 Å². The van der Waals surface area contributed by atoms with Crippen LogP contribution in [-0.2, 0) is 11.3 Å². The third-order valence-electron chi connectivity index (χ3n) is 2.25. The smallest absolute Gasteiger partial charge is 0.374 e. The minimum Gasteiger partial charge on any atom is -0.460 e. The average Bonchev–Trinajstić information content (AvgIpc) is 2.77. The first-order chi connectivity index (χ1) is 7.77. The molecule has 0 spiro atoms. The molecule has 0 amide bonds. The van der Waals surface area contributed by atoms with Crippen LogP contribution in [0.5, 0.6) is 0 Å². The number of aliphatic hydroxyl groups is 1. The predicted octanol–water partition coefficient (Wildman–Crippen LogP) is 2.51. The fraction of sp³-hybridized carbons (Fsp3) is 0.583. The maximum absolute atomic E-state index is 11.4. The zero-order chi connectivity index (χ0) is 11.8. The molecule has 90 valence electrons. The number of aliphatic hydroxyl groups excluding tert-OH is 1. The molecule has 0 aliphatic carbocycles. The first-order valence-electron chi connectivity index (χ1n) is 5.64. The summed E-state index contributed by atoms with van der Waals surface area (Å²) in [4.78, 5) is 11.4. The second kappa shape index (κ2) is 7.06. The summed E-state index contributed by atoms with van der Waals surface area (Å²) >= 11 is 0. The van der Waals surface area contributed by atoms with E-state index in [-0.39, 0.29) is 12.4 Å². The number of esters is 1. The van der Waals surface area contributed by atoms with Crippen LogP contribution in [-0.4, -0.2) is 17.7 Å². The second-order valence-electron chi connectivity index (χ2n) is 3.62. The van der Waals surface area contributed by atoms with E-state index in [2.05, 4.69) is 6.92 Å². The SMILES string of the molecule is CCCCCCOC(=O)c1ccc(CO)o1. The van der Waals surface area contributed by atoms with Crippen molar-refractivity contribution in [1.29, 1.82) is 0 Å². The third kappa shape index (κ3) is 4.06. The number of hydrogen-bond donors (Lipinski definition) is 1. The first-order valence-corrected chi connectivity index (χ1v) is 5.64. The van der Waals surface area contributed by atoms with E-state index in [1.165, 1.54) is 6.07 Å². The molecule has 0 unspecified atom stereocenters. The highest BCUT2D eigenvalue weighted by molar-refractivity contribution is 5.86. The number of ether oxygens (including phenoxy) is 1. The van der Waals surface area contributed by atoms with Crippen LogP contribution in [0.25, 0.3) is 0 Å². The summed E-state index contributed by atoms with van der Waals surface area (Å²) in [6.45, 7) is 2.35. The maximum atomic E-state index is 11.4. The van der Waals surface area contributed by atoms with E-state index in [4.69, 9.17) is 14.3 Å². The van der Waals surface area contributed by atoms with Crippen molar-refractivity contribution in [3.05, 3.63) is 23.7 Å². The Hall–Kier alpha value is -1.29. The molecule has 1 N–H and O–H groups in total. The summed E-state index contributed by atoms with van der Waals surface area (Å²) < 4.78 is 10.1. The second-order valence-corrected chi connectivity index (χ2v) is 3.62. The molecule has 4 nitrogen and oxygen atoms in total. The van der Waals surface area contributed by atoms with Gasteiger partial charge in [0.1, 0.15) is 12.4 Å². The van der Waals surface area contributed by atoms with Crippen molar-refractivity contribution in [3.63, 3.8) is 0 Å². The van der Waals surface area contributed by atoms with Crippen molar-refractivity contribution in [2.24, 2.45) is 0 Å². The van der Waals surface area contributed by atoms with Crippen molar-refractivity contribution in [2.45, 2.75) is 39.2 Å². The van der Waals surface area contributed by atoms with Crippen LogP contribution in [0.15, 0.2) is 16.5 Å². The van der Waals surface area contributed by atoms with E-state index in [1.54, 1.807) is 6.07 Å². The molecule has 0 aliphatic rings. The van der Waals surface area contributed by atoms with Gasteiger partial charge in [-0.3, -0.25) is 0 Å². The summed E-state index contributed by atoms with van der Waals surface area (Å²) in [6, 6.07) is 3.08. The molecular formula is C12H18O4. The molecule has 0 atom stereocenters. The minimum atomic E-state index is -0.462. The van der Waals surface area contributed by atoms with Gasteiger partial charge in [-0.25, -0.2) is 4.79 Å². The standard InChI is InChI=1S/C12H18O4/c1-2-3-4-5-8-15-12(14)11-7-6-10(9-13)16-11/h6-7,13H,2-5,8-9H2,1H3. The summed E-state index contributed by atoms with van der Waals surface area (Å²) in [5, 5.41) is 8.76. The molecule has 1 heterocycles. The first kappa shape index (κ1) is 12.8. The highest BCUT2D eigenvalue weighted by atomic mass is 16.5. The van der Waals surface area contributed by atoms with Crippen molar-refractivity contribution < 1.29 is 19.1 Å². The summed E-state index contributed by atoms with van der Waals surface area (Å²) in [5.41, 5.74) is 0. The Balaban J connectivity index is 2.24. The maximum Gasteiger partial charge on any atom is 0.374 e. The largest absolute Gasteiger partial charge is 0.460 e. The van der Waals surface area contributed by atoms with Gasteiger partial charge in [-0.05, 0) is 18.6 Å². The number of unbranched alkanes of at least 4 members (excludes halogenated alkanes) is 3. The van der Waals surface area contributed by atoms with Crippen molar-refractivity contribution >= 4 is 5.97 Å². The Morgan fingerprint density at radius 2 is 2.19 bits per heavy atom. The predicted molar refractivity (Wildman–Crippen MR) is 59.1 cm³/mol. The van der Waals surface area contributed by atoms with E-state index in [0.717, 1.165) is 25.7 Å². The van der Waals surface area contributed by atoms with Gasteiger partial charge >= 0.3 is 5.97 Å². The fourth-order valence-electron chi connectivity index (χ4n) is 1.34. The molecule has 1 aromatic heterocycles. The van der Waals surface area contributed by atoms with Gasteiger partial charge in [-0.1, -0.05) is 26.2 Å². The molecule has 0 saturated heterocycles. The normalized spacial score (nSPS) is 10.4. The monoisotopic (exact) mass is 226 g/mol. The van der Waals surface area contributed by atoms with Gasteiger partial charge in [0, 0.05) is 0 Å². The molecule has 1 rings (SSSR count). The molecule has 0 fully saturated rings. The molecule has 0 radical (unpaired) electrons. The van der Waals surface area contributed by atoms with Crippen LogP contribution >= 0.6 is 0 Å². The van der Waals surface area contributed by atoms with Gasteiger partial charge in [-0.15, -0.1) is 0 Å². The molecule has 1 aromatic rings. The Labute approximate surface area is 95.2 Å². The van der Waals surface area contributed by atoms with E-state index in [9.17, 15) is 4.79 Å². The lowest BCUT2D eigenvalue weighted by Crippen LogP contribution is -2.05. The topological polar surface area (TPSA) is 59.7 Å². The lowest BCUT2D eigenvalue weighted by atomic mass is 10.2. The van der Waals surface area contributed by atoms with Gasteiger partial charge < -0.3 is 14.3 Å². The Kier molecular flexibility index (Phi) is 5.64. The van der Waals surface area contributed by atoms with Crippen molar-refractivity contribution in [1.82, 2.24) is 0 Å².